The SMILES string of the molecule is Cn1c(CC(C)(C)N)cc(=O)n1-c1ccccc1. The number of hydrogen-bond donors (Lipinski definition) is 1. The Labute approximate surface area is 107 Å². The molecule has 0 saturated heterocycles. The van der Waals surface area contributed by atoms with Crippen LogP contribution in [0.15, 0.2) is 41.2 Å². The standard InChI is InChI=1S/C14H19N3O/c1-14(2,15)10-12-9-13(18)17(16(12)3)11-7-5-4-6-8-11/h4-9H,10,15H2,1-3H3. The fraction of sp³-hybridized carbons (Fsp3) is 0.357. The number of aromatic nitrogens is 2. The lowest BCUT2D eigenvalue weighted by Crippen LogP contribution is -2.35. The first-order valence-electron chi connectivity index (χ1n) is 6.01. The molecule has 0 aliphatic rings. The molecule has 0 unspecified atom stereocenters. The van der Waals surface area contributed by atoms with Crippen molar-refractivity contribution in [2.45, 2.75) is 25.8 Å². The third-order valence-corrected chi connectivity index (χ3v) is 2.85. The smallest absolute Gasteiger partial charge is 0.271 e. The van der Waals surface area contributed by atoms with E-state index < -0.39 is 0 Å². The highest BCUT2D eigenvalue weighted by Crippen LogP contribution is 2.11. The molecule has 0 aliphatic heterocycles. The van der Waals surface area contributed by atoms with Gasteiger partial charge in [-0.1, -0.05) is 18.2 Å². The van der Waals surface area contributed by atoms with Crippen molar-refractivity contribution in [2.24, 2.45) is 12.8 Å². The second kappa shape index (κ2) is 4.46. The quantitative estimate of drug-likeness (QED) is 0.890. The van der Waals surface area contributed by atoms with Crippen LogP contribution in [-0.2, 0) is 13.5 Å². The second-order valence-corrected chi connectivity index (χ2v) is 5.31. The second-order valence-electron chi connectivity index (χ2n) is 5.31. The fourth-order valence-electron chi connectivity index (χ4n) is 2.08. The van der Waals surface area contributed by atoms with E-state index in [-0.39, 0.29) is 11.1 Å². The van der Waals surface area contributed by atoms with E-state index >= 15 is 0 Å². The molecule has 1 aromatic carbocycles. The largest absolute Gasteiger partial charge is 0.325 e. The lowest BCUT2D eigenvalue weighted by molar-refractivity contribution is 0.486. The van der Waals surface area contributed by atoms with Crippen molar-refractivity contribution in [3.8, 4) is 5.69 Å². The molecule has 1 heterocycles. The van der Waals surface area contributed by atoms with Gasteiger partial charge in [-0.25, -0.2) is 4.68 Å². The van der Waals surface area contributed by atoms with Crippen molar-refractivity contribution in [3.63, 3.8) is 0 Å². The van der Waals surface area contributed by atoms with Gasteiger partial charge in [0.05, 0.1) is 5.69 Å². The van der Waals surface area contributed by atoms with Crippen molar-refractivity contribution in [2.75, 3.05) is 0 Å². The maximum atomic E-state index is 12.0. The molecule has 0 radical (unpaired) electrons. The Morgan fingerprint density at radius 3 is 2.39 bits per heavy atom. The normalized spacial score (nSPS) is 11.8. The molecule has 4 heteroatoms. The molecule has 4 nitrogen and oxygen atoms in total. The zero-order chi connectivity index (χ0) is 13.3. The molecule has 2 N–H and O–H groups in total. The van der Waals surface area contributed by atoms with Crippen molar-refractivity contribution < 1.29 is 0 Å². The molecule has 0 saturated carbocycles. The summed E-state index contributed by atoms with van der Waals surface area (Å²) in [6, 6.07) is 11.3. The van der Waals surface area contributed by atoms with Crippen LogP contribution in [0.25, 0.3) is 5.69 Å². The van der Waals surface area contributed by atoms with Crippen LogP contribution in [0, 0.1) is 0 Å². The minimum atomic E-state index is -0.326. The van der Waals surface area contributed by atoms with Gasteiger partial charge in [-0.2, -0.15) is 0 Å². The Hall–Kier alpha value is -1.81. The van der Waals surface area contributed by atoms with Gasteiger partial charge in [-0.05, 0) is 26.0 Å². The lowest BCUT2D eigenvalue weighted by atomic mass is 10.0. The van der Waals surface area contributed by atoms with Gasteiger partial charge in [0.1, 0.15) is 0 Å². The minimum absolute atomic E-state index is 0.0250. The van der Waals surface area contributed by atoms with Gasteiger partial charge in [-0.3, -0.25) is 9.48 Å². The van der Waals surface area contributed by atoms with E-state index in [1.807, 2.05) is 55.9 Å². The molecule has 2 rings (SSSR count). The predicted octanol–water partition coefficient (Wildman–Crippen LogP) is 1.46. The summed E-state index contributed by atoms with van der Waals surface area (Å²) in [5.41, 5.74) is 7.47. The summed E-state index contributed by atoms with van der Waals surface area (Å²) in [6.07, 6.45) is 0.665. The summed E-state index contributed by atoms with van der Waals surface area (Å²) in [6.45, 7) is 3.91. The zero-order valence-corrected chi connectivity index (χ0v) is 11.1. The third kappa shape index (κ3) is 2.54. The summed E-state index contributed by atoms with van der Waals surface area (Å²) >= 11 is 0. The van der Waals surface area contributed by atoms with E-state index in [4.69, 9.17) is 5.73 Å². The molecular formula is C14H19N3O. The van der Waals surface area contributed by atoms with E-state index in [0.29, 0.717) is 6.42 Å². The van der Waals surface area contributed by atoms with Gasteiger partial charge in [-0.15, -0.1) is 0 Å². The number of nitrogens with two attached hydrogens (primary N) is 1. The molecule has 0 aliphatic carbocycles. The number of hydrogen-bond acceptors (Lipinski definition) is 2. The summed E-state index contributed by atoms with van der Waals surface area (Å²) in [5, 5.41) is 0. The van der Waals surface area contributed by atoms with Gasteiger partial charge in [0.2, 0.25) is 0 Å². The molecule has 0 bridgehead atoms. The summed E-state index contributed by atoms with van der Waals surface area (Å²) in [7, 11) is 1.88. The van der Waals surface area contributed by atoms with Crippen LogP contribution < -0.4 is 11.3 Å². The molecular weight excluding hydrogens is 226 g/mol. The lowest BCUT2D eigenvalue weighted by Gasteiger charge is -2.19. The first-order chi connectivity index (χ1) is 8.38. The van der Waals surface area contributed by atoms with Crippen molar-refractivity contribution in [3.05, 3.63) is 52.4 Å². The molecule has 18 heavy (non-hydrogen) atoms. The molecule has 2 aromatic rings. The number of rotatable bonds is 3. The Morgan fingerprint density at radius 1 is 1.22 bits per heavy atom. The number of para-hydroxylation sites is 1. The Kier molecular flexibility index (Phi) is 3.13. The molecule has 96 valence electrons. The van der Waals surface area contributed by atoms with E-state index in [9.17, 15) is 4.79 Å². The maximum Gasteiger partial charge on any atom is 0.271 e. The fourth-order valence-corrected chi connectivity index (χ4v) is 2.08. The summed E-state index contributed by atoms with van der Waals surface area (Å²) < 4.78 is 3.52. The summed E-state index contributed by atoms with van der Waals surface area (Å²) in [4.78, 5) is 12.0. The van der Waals surface area contributed by atoms with Crippen LogP contribution in [0.2, 0.25) is 0 Å². The van der Waals surface area contributed by atoms with Crippen molar-refractivity contribution in [1.82, 2.24) is 9.36 Å². The van der Waals surface area contributed by atoms with Crippen molar-refractivity contribution in [1.29, 1.82) is 0 Å². The predicted molar refractivity (Wildman–Crippen MR) is 73.0 cm³/mol. The monoisotopic (exact) mass is 245 g/mol. The van der Waals surface area contributed by atoms with E-state index in [0.717, 1.165) is 11.4 Å². The Bertz CT molecular complexity index is 588. The van der Waals surface area contributed by atoms with Crippen molar-refractivity contribution >= 4 is 0 Å². The van der Waals surface area contributed by atoms with Crippen LogP contribution in [-0.4, -0.2) is 14.9 Å². The average Bonchev–Trinajstić information content (AvgIpc) is 2.53. The average molecular weight is 245 g/mol. The van der Waals surface area contributed by atoms with Crippen LogP contribution in [0.5, 0.6) is 0 Å². The first kappa shape index (κ1) is 12.6. The molecule has 0 atom stereocenters. The summed E-state index contributed by atoms with van der Waals surface area (Å²) in [5.74, 6) is 0. The van der Waals surface area contributed by atoms with Crippen LogP contribution in [0.3, 0.4) is 0 Å². The van der Waals surface area contributed by atoms with Gasteiger partial charge >= 0.3 is 0 Å². The highest BCUT2D eigenvalue weighted by Gasteiger charge is 2.17. The van der Waals surface area contributed by atoms with Crippen LogP contribution in [0.1, 0.15) is 19.5 Å². The van der Waals surface area contributed by atoms with Crippen LogP contribution >= 0.6 is 0 Å². The zero-order valence-electron chi connectivity index (χ0n) is 11.1. The maximum absolute atomic E-state index is 12.0. The van der Waals surface area contributed by atoms with Gasteiger partial charge < -0.3 is 5.73 Å². The van der Waals surface area contributed by atoms with Crippen LogP contribution in [0.4, 0.5) is 0 Å². The molecule has 0 fully saturated rings. The molecule has 0 spiro atoms. The highest BCUT2D eigenvalue weighted by atomic mass is 16.1. The molecule has 1 aromatic heterocycles. The number of nitrogens with zero attached hydrogens (tertiary/aromatic N) is 2. The number of benzene rings is 1. The minimum Gasteiger partial charge on any atom is -0.325 e. The van der Waals surface area contributed by atoms with Gasteiger partial charge in [0.15, 0.2) is 0 Å². The van der Waals surface area contributed by atoms with E-state index in [2.05, 4.69) is 0 Å². The van der Waals surface area contributed by atoms with E-state index in [1.165, 1.54) is 0 Å². The topological polar surface area (TPSA) is 52.9 Å². The Balaban J connectivity index is 2.49. The molecule has 0 amide bonds. The van der Waals surface area contributed by atoms with Gasteiger partial charge in [0.25, 0.3) is 5.56 Å². The Morgan fingerprint density at radius 2 is 1.83 bits per heavy atom. The van der Waals surface area contributed by atoms with E-state index in [1.54, 1.807) is 10.7 Å². The third-order valence-electron chi connectivity index (χ3n) is 2.85. The first-order valence-corrected chi connectivity index (χ1v) is 6.01. The van der Waals surface area contributed by atoms with Gasteiger partial charge in [0, 0.05) is 30.8 Å². The highest BCUT2D eigenvalue weighted by molar-refractivity contribution is 5.31.